The van der Waals surface area contributed by atoms with E-state index in [9.17, 15) is 4.79 Å². The van der Waals surface area contributed by atoms with Gasteiger partial charge in [0.05, 0.1) is 6.61 Å². The van der Waals surface area contributed by atoms with Gasteiger partial charge in [-0.2, -0.15) is 0 Å². The SMILES string of the molecule is C[Si](C)(C)CCOC(=O)C=P(c1ccccc1)(c1ccccc1)c1ccccc1. The topological polar surface area (TPSA) is 26.3 Å². The van der Waals surface area contributed by atoms with Crippen LogP contribution in [0.15, 0.2) is 91.0 Å². The second-order valence-electron chi connectivity index (χ2n) is 8.34. The second kappa shape index (κ2) is 9.43. The van der Waals surface area contributed by atoms with Gasteiger partial charge >= 0.3 is 5.97 Å². The van der Waals surface area contributed by atoms with Crippen LogP contribution in [0.4, 0.5) is 0 Å². The summed E-state index contributed by atoms with van der Waals surface area (Å²) >= 11 is 0. The Kier molecular flexibility index (Phi) is 6.94. The Morgan fingerprint density at radius 2 is 1.14 bits per heavy atom. The fourth-order valence-corrected chi connectivity index (χ4v) is 7.69. The summed E-state index contributed by atoms with van der Waals surface area (Å²) in [7, 11) is -1.26. The molecule has 0 saturated carbocycles. The minimum Gasteiger partial charge on any atom is -0.463 e. The molecular formula is C25H29O2PSi. The molecule has 0 aliphatic carbocycles. The van der Waals surface area contributed by atoms with Gasteiger partial charge in [0, 0.05) is 13.9 Å². The lowest BCUT2D eigenvalue weighted by molar-refractivity contribution is -0.134. The van der Waals surface area contributed by atoms with Gasteiger partial charge in [-0.15, -0.1) is 0 Å². The molecule has 0 aliphatic heterocycles. The van der Waals surface area contributed by atoms with Gasteiger partial charge in [-0.3, -0.25) is 0 Å². The van der Waals surface area contributed by atoms with Crippen molar-refractivity contribution in [1.29, 1.82) is 0 Å². The Bertz CT molecular complexity index is 874. The zero-order valence-corrected chi connectivity index (χ0v) is 19.3. The first-order valence-corrected chi connectivity index (χ1v) is 15.6. The van der Waals surface area contributed by atoms with Gasteiger partial charge in [0.2, 0.25) is 0 Å². The molecule has 29 heavy (non-hydrogen) atoms. The fourth-order valence-electron chi connectivity index (χ4n) is 3.31. The van der Waals surface area contributed by atoms with Crippen molar-refractivity contribution >= 4 is 42.6 Å². The summed E-state index contributed by atoms with van der Waals surface area (Å²) in [4.78, 5) is 13.0. The predicted molar refractivity (Wildman–Crippen MR) is 130 cm³/mol. The Hall–Kier alpha value is -2.35. The highest BCUT2D eigenvalue weighted by molar-refractivity contribution is 7.95. The monoisotopic (exact) mass is 420 g/mol. The van der Waals surface area contributed by atoms with Crippen LogP contribution in [0.1, 0.15) is 0 Å². The summed E-state index contributed by atoms with van der Waals surface area (Å²) in [6.45, 7) is 5.09. The molecule has 0 amide bonds. The van der Waals surface area contributed by atoms with Crippen molar-refractivity contribution in [3.05, 3.63) is 91.0 Å². The molecule has 0 spiro atoms. The molecule has 0 atom stereocenters. The van der Waals surface area contributed by atoms with Crippen LogP contribution in [0.2, 0.25) is 25.7 Å². The summed E-state index contributed by atoms with van der Waals surface area (Å²) in [5.41, 5.74) is 0. The van der Waals surface area contributed by atoms with Gasteiger partial charge < -0.3 is 4.74 Å². The molecule has 3 rings (SSSR count). The van der Waals surface area contributed by atoms with Crippen LogP contribution >= 0.6 is 6.89 Å². The maximum Gasteiger partial charge on any atom is 0.331 e. The Labute approximate surface area is 175 Å². The Morgan fingerprint density at radius 1 is 0.759 bits per heavy atom. The van der Waals surface area contributed by atoms with Crippen molar-refractivity contribution in [2.24, 2.45) is 0 Å². The van der Waals surface area contributed by atoms with Gasteiger partial charge in [0.1, 0.15) is 0 Å². The molecule has 150 valence electrons. The molecule has 4 heteroatoms. The maximum atomic E-state index is 13.0. The van der Waals surface area contributed by atoms with E-state index < -0.39 is 15.0 Å². The number of hydrogen-bond donors (Lipinski definition) is 0. The van der Waals surface area contributed by atoms with E-state index >= 15 is 0 Å². The van der Waals surface area contributed by atoms with E-state index in [-0.39, 0.29) is 5.97 Å². The van der Waals surface area contributed by atoms with Gasteiger partial charge in [0.25, 0.3) is 0 Å². The van der Waals surface area contributed by atoms with Gasteiger partial charge in [-0.05, 0) is 28.8 Å². The zero-order valence-electron chi connectivity index (χ0n) is 17.4. The van der Waals surface area contributed by atoms with Crippen molar-refractivity contribution in [3.63, 3.8) is 0 Å². The number of benzene rings is 3. The lowest BCUT2D eigenvalue weighted by atomic mass is 10.4. The minimum absolute atomic E-state index is 0.229. The van der Waals surface area contributed by atoms with E-state index in [2.05, 4.69) is 56.0 Å². The molecule has 0 fully saturated rings. The van der Waals surface area contributed by atoms with Crippen LogP contribution in [0.5, 0.6) is 0 Å². The van der Waals surface area contributed by atoms with E-state index in [4.69, 9.17) is 4.74 Å². The molecule has 0 bridgehead atoms. The highest BCUT2D eigenvalue weighted by Crippen LogP contribution is 2.43. The average molecular weight is 421 g/mol. The number of ether oxygens (including phenoxy) is 1. The van der Waals surface area contributed by atoms with E-state index in [1.165, 1.54) is 0 Å². The van der Waals surface area contributed by atoms with Crippen molar-refractivity contribution < 1.29 is 9.53 Å². The van der Waals surface area contributed by atoms with E-state index in [0.29, 0.717) is 6.61 Å². The molecule has 0 heterocycles. The first-order chi connectivity index (χ1) is 13.9. The van der Waals surface area contributed by atoms with Crippen molar-refractivity contribution in [3.8, 4) is 0 Å². The molecule has 3 aromatic rings. The second-order valence-corrected chi connectivity index (χ2v) is 17.2. The van der Waals surface area contributed by atoms with E-state index in [1.807, 2.05) is 60.4 Å². The van der Waals surface area contributed by atoms with E-state index in [1.54, 1.807) is 0 Å². The molecule has 2 nitrogen and oxygen atoms in total. The van der Waals surface area contributed by atoms with Gasteiger partial charge in [-0.1, -0.05) is 111 Å². The number of esters is 1. The van der Waals surface area contributed by atoms with Crippen LogP contribution in [0.3, 0.4) is 0 Å². The molecule has 0 saturated heterocycles. The van der Waals surface area contributed by atoms with Gasteiger partial charge in [-0.25, -0.2) is 4.79 Å². The minimum atomic E-state index is -2.28. The third kappa shape index (κ3) is 5.38. The quantitative estimate of drug-likeness (QED) is 0.316. The molecule has 0 radical (unpaired) electrons. The van der Waals surface area contributed by atoms with Crippen molar-refractivity contribution in [1.82, 2.24) is 0 Å². The highest BCUT2D eigenvalue weighted by Gasteiger charge is 2.26. The van der Waals surface area contributed by atoms with Crippen LogP contribution < -0.4 is 15.9 Å². The molecule has 0 aromatic heterocycles. The molecule has 0 aliphatic rings. The summed E-state index contributed by atoms with van der Waals surface area (Å²) in [6, 6.07) is 32.0. The van der Waals surface area contributed by atoms with Crippen molar-refractivity contribution in [2.45, 2.75) is 25.7 Å². The number of carbonyl (C=O) groups is 1. The summed E-state index contributed by atoms with van der Waals surface area (Å²) < 4.78 is 5.71. The molecule has 0 N–H and O–H groups in total. The van der Waals surface area contributed by atoms with Crippen LogP contribution in [0, 0.1) is 0 Å². The number of rotatable bonds is 7. The summed E-state index contributed by atoms with van der Waals surface area (Å²) in [6.07, 6.45) is 0. The molecular weight excluding hydrogens is 391 g/mol. The fraction of sp³-hybridized carbons (Fsp3) is 0.200. The first kappa shape index (κ1) is 21.4. The number of hydrogen-bond acceptors (Lipinski definition) is 2. The predicted octanol–water partition coefficient (Wildman–Crippen LogP) is 4.66. The van der Waals surface area contributed by atoms with Crippen LogP contribution in [0.25, 0.3) is 0 Å². The number of carbonyl (C=O) groups excluding carboxylic acids is 1. The smallest absolute Gasteiger partial charge is 0.331 e. The summed E-state index contributed by atoms with van der Waals surface area (Å²) in [5, 5.41) is 3.46. The normalized spacial score (nSPS) is 11.7. The lowest BCUT2D eigenvalue weighted by Gasteiger charge is -2.28. The largest absolute Gasteiger partial charge is 0.463 e. The summed E-state index contributed by atoms with van der Waals surface area (Å²) in [5.74, 6) is 1.63. The Morgan fingerprint density at radius 3 is 1.48 bits per heavy atom. The first-order valence-electron chi connectivity index (χ1n) is 10.0. The van der Waals surface area contributed by atoms with Crippen LogP contribution in [-0.4, -0.2) is 26.4 Å². The van der Waals surface area contributed by atoms with Crippen molar-refractivity contribution in [2.75, 3.05) is 6.61 Å². The van der Waals surface area contributed by atoms with Crippen LogP contribution in [-0.2, 0) is 9.53 Å². The maximum absolute atomic E-state index is 13.0. The lowest BCUT2D eigenvalue weighted by Crippen LogP contribution is -2.29. The molecule has 0 unspecified atom stereocenters. The standard InChI is InChI=1S/C25H29O2PSi/c1-29(2,3)20-19-27-25(26)21-28(22-13-7-4-8-14-22,23-15-9-5-10-16-23)24-17-11-6-12-18-24/h4-18,21H,19-20H2,1-3H3. The van der Waals surface area contributed by atoms with Gasteiger partial charge in [0.15, 0.2) is 0 Å². The third-order valence-electron chi connectivity index (χ3n) is 4.89. The van der Waals surface area contributed by atoms with E-state index in [0.717, 1.165) is 22.0 Å². The third-order valence-corrected chi connectivity index (χ3v) is 10.5. The highest BCUT2D eigenvalue weighted by atomic mass is 31.2. The zero-order chi connectivity index (χ0) is 20.7. The molecule has 3 aromatic carbocycles. The average Bonchev–Trinajstić information content (AvgIpc) is 2.73. The Balaban J connectivity index is 2.16.